The maximum Gasteiger partial charge on any atom is 0.255 e. The van der Waals surface area contributed by atoms with Crippen molar-refractivity contribution >= 4 is 32.9 Å². The van der Waals surface area contributed by atoms with Crippen molar-refractivity contribution in [1.82, 2.24) is 9.73 Å². The number of para-hydroxylation sites is 1. The molecule has 0 aliphatic carbocycles. The van der Waals surface area contributed by atoms with Crippen LogP contribution in [-0.4, -0.2) is 50.7 Å². The maximum absolute atomic E-state index is 12.8. The Kier molecular flexibility index (Phi) is 6.34. The number of hydrazone groups is 1. The Hall–Kier alpha value is -3.43. The van der Waals surface area contributed by atoms with Gasteiger partial charge in [-0.1, -0.05) is 36.4 Å². The number of carbonyl (C=O) groups is 1. The van der Waals surface area contributed by atoms with Crippen LogP contribution in [0, 0.1) is 0 Å². The van der Waals surface area contributed by atoms with E-state index in [2.05, 4.69) is 10.5 Å². The molecule has 0 aliphatic rings. The molecule has 3 aromatic rings. The van der Waals surface area contributed by atoms with Crippen molar-refractivity contribution in [2.24, 2.45) is 5.10 Å². The molecule has 0 spiro atoms. The fourth-order valence-electron chi connectivity index (χ4n) is 2.81. The molecule has 0 aromatic heterocycles. The lowest BCUT2D eigenvalue weighted by Crippen LogP contribution is -2.36. The number of hydrogen-bond donors (Lipinski definition) is 2. The van der Waals surface area contributed by atoms with Crippen LogP contribution in [0.1, 0.15) is 5.56 Å². The third-order valence-electron chi connectivity index (χ3n) is 4.44. The zero-order valence-electron chi connectivity index (χ0n) is 16.4. The molecule has 3 rings (SSSR count). The summed E-state index contributed by atoms with van der Waals surface area (Å²) in [6.07, 6.45) is 1.24. The third kappa shape index (κ3) is 4.58. The van der Waals surface area contributed by atoms with Crippen molar-refractivity contribution in [2.45, 2.75) is 4.90 Å². The Balaban J connectivity index is 1.67. The fourth-order valence-corrected chi connectivity index (χ4v) is 3.98. The number of ether oxygens (including phenoxy) is 1. The summed E-state index contributed by atoms with van der Waals surface area (Å²) in [6.45, 7) is -0.420. The lowest BCUT2D eigenvalue weighted by atomic mass is 10.1. The van der Waals surface area contributed by atoms with Crippen LogP contribution < -0.4 is 10.2 Å². The van der Waals surface area contributed by atoms with E-state index in [4.69, 9.17) is 4.74 Å². The van der Waals surface area contributed by atoms with Gasteiger partial charge in [0.1, 0.15) is 0 Å². The molecular weight excluding hydrogens is 406 g/mol. The molecule has 2 N–H and O–H groups in total. The first kappa shape index (κ1) is 21.3. The van der Waals surface area contributed by atoms with Crippen LogP contribution in [0.15, 0.2) is 70.7 Å². The number of phenols is 1. The average molecular weight is 427 g/mol. The number of rotatable bonds is 7. The number of nitrogens with zero attached hydrogens (tertiary/aromatic N) is 2. The van der Waals surface area contributed by atoms with Crippen LogP contribution in [0.3, 0.4) is 0 Å². The van der Waals surface area contributed by atoms with Gasteiger partial charge in [0.2, 0.25) is 10.0 Å². The van der Waals surface area contributed by atoms with E-state index in [9.17, 15) is 18.3 Å². The number of hydrogen-bond acceptors (Lipinski definition) is 6. The van der Waals surface area contributed by atoms with Crippen LogP contribution in [0.5, 0.6) is 11.5 Å². The van der Waals surface area contributed by atoms with Gasteiger partial charge in [-0.2, -0.15) is 9.41 Å². The number of fused-ring (bicyclic) bond motifs is 1. The summed E-state index contributed by atoms with van der Waals surface area (Å²) < 4.78 is 31.5. The third-order valence-corrected chi connectivity index (χ3v) is 6.24. The van der Waals surface area contributed by atoms with Crippen molar-refractivity contribution < 1.29 is 23.1 Å². The minimum Gasteiger partial charge on any atom is -0.504 e. The molecule has 0 saturated carbocycles. The summed E-state index contributed by atoms with van der Waals surface area (Å²) in [6, 6.07) is 17.0. The molecule has 156 valence electrons. The first-order chi connectivity index (χ1) is 14.3. The zero-order chi connectivity index (χ0) is 21.7. The highest BCUT2D eigenvalue weighted by molar-refractivity contribution is 7.89. The molecular formula is C21H21N3O5S. The van der Waals surface area contributed by atoms with Gasteiger partial charge in [-0.25, -0.2) is 13.8 Å². The lowest BCUT2D eigenvalue weighted by molar-refractivity contribution is -0.121. The van der Waals surface area contributed by atoms with Crippen molar-refractivity contribution in [1.29, 1.82) is 0 Å². The SMILES string of the molecule is COc1cccc(C=NNC(=O)CN(C)S(=O)(=O)c2ccc3ccccc3c2)c1O. The number of carbonyl (C=O) groups excluding carboxylic acids is 1. The number of phenolic OH excluding ortho intramolecular Hbond substituents is 1. The molecule has 0 heterocycles. The van der Waals surface area contributed by atoms with Gasteiger partial charge >= 0.3 is 0 Å². The molecule has 8 nitrogen and oxygen atoms in total. The van der Waals surface area contributed by atoms with E-state index in [1.807, 2.05) is 24.3 Å². The van der Waals surface area contributed by atoms with Crippen LogP contribution in [0.4, 0.5) is 0 Å². The summed E-state index contributed by atoms with van der Waals surface area (Å²) in [7, 11) is -1.11. The topological polar surface area (TPSA) is 108 Å². The van der Waals surface area contributed by atoms with Gasteiger partial charge in [-0.15, -0.1) is 0 Å². The second-order valence-corrected chi connectivity index (χ2v) is 8.51. The Labute approximate surface area is 174 Å². The maximum atomic E-state index is 12.8. The number of amides is 1. The summed E-state index contributed by atoms with van der Waals surface area (Å²) in [5.41, 5.74) is 2.59. The second kappa shape index (κ2) is 8.93. The van der Waals surface area contributed by atoms with Gasteiger partial charge in [-0.05, 0) is 35.0 Å². The molecule has 0 radical (unpaired) electrons. The summed E-state index contributed by atoms with van der Waals surface area (Å²) >= 11 is 0. The predicted octanol–water partition coefficient (Wildman–Crippen LogP) is 2.32. The van der Waals surface area contributed by atoms with Gasteiger partial charge in [0.25, 0.3) is 5.91 Å². The predicted molar refractivity (Wildman–Crippen MR) is 114 cm³/mol. The Morgan fingerprint density at radius 1 is 1.13 bits per heavy atom. The summed E-state index contributed by atoms with van der Waals surface area (Å²) in [5, 5.41) is 15.5. The Bertz CT molecular complexity index is 1210. The summed E-state index contributed by atoms with van der Waals surface area (Å²) in [5.74, 6) is -0.471. The molecule has 0 atom stereocenters. The van der Waals surface area contributed by atoms with Gasteiger partial charge in [-0.3, -0.25) is 4.79 Å². The first-order valence-corrected chi connectivity index (χ1v) is 10.4. The standard InChI is InChI=1S/C21H21N3O5S/c1-24(30(27,28)18-11-10-15-6-3-4-7-16(15)12-18)14-20(25)23-22-13-17-8-5-9-19(29-2)21(17)26/h3-13,26H,14H2,1-2H3,(H,23,25). The van der Waals surface area contributed by atoms with Crippen molar-refractivity contribution in [2.75, 3.05) is 20.7 Å². The number of benzene rings is 3. The molecule has 0 bridgehead atoms. The normalized spacial score (nSPS) is 11.8. The quantitative estimate of drug-likeness (QED) is 0.444. The van der Waals surface area contributed by atoms with E-state index >= 15 is 0 Å². The molecule has 3 aromatic carbocycles. The second-order valence-electron chi connectivity index (χ2n) is 6.46. The van der Waals surface area contributed by atoms with E-state index < -0.39 is 22.5 Å². The van der Waals surface area contributed by atoms with Crippen LogP contribution in [0.25, 0.3) is 10.8 Å². The monoisotopic (exact) mass is 427 g/mol. The zero-order valence-corrected chi connectivity index (χ0v) is 17.3. The number of nitrogens with one attached hydrogen (secondary N) is 1. The van der Waals surface area contributed by atoms with E-state index in [0.29, 0.717) is 5.56 Å². The molecule has 9 heteroatoms. The minimum absolute atomic E-state index is 0.0984. The minimum atomic E-state index is -3.85. The van der Waals surface area contributed by atoms with Gasteiger partial charge in [0, 0.05) is 12.6 Å². The van der Waals surface area contributed by atoms with E-state index in [1.54, 1.807) is 30.3 Å². The number of sulfonamides is 1. The van der Waals surface area contributed by atoms with Gasteiger partial charge in [0.05, 0.1) is 24.8 Å². The van der Waals surface area contributed by atoms with Crippen LogP contribution >= 0.6 is 0 Å². The van der Waals surface area contributed by atoms with Crippen molar-refractivity contribution in [3.63, 3.8) is 0 Å². The highest BCUT2D eigenvalue weighted by atomic mass is 32.2. The van der Waals surface area contributed by atoms with E-state index in [-0.39, 0.29) is 16.4 Å². The van der Waals surface area contributed by atoms with Crippen molar-refractivity contribution in [3.05, 3.63) is 66.2 Å². The largest absolute Gasteiger partial charge is 0.504 e. The molecule has 0 unspecified atom stereocenters. The highest BCUT2D eigenvalue weighted by Crippen LogP contribution is 2.28. The fraction of sp³-hybridized carbons (Fsp3) is 0.143. The number of aromatic hydroxyl groups is 1. The molecule has 0 fully saturated rings. The Morgan fingerprint density at radius 2 is 1.87 bits per heavy atom. The Morgan fingerprint density at radius 3 is 2.60 bits per heavy atom. The van der Waals surface area contributed by atoms with Crippen molar-refractivity contribution in [3.8, 4) is 11.5 Å². The molecule has 1 amide bonds. The molecule has 30 heavy (non-hydrogen) atoms. The first-order valence-electron chi connectivity index (χ1n) is 8.96. The average Bonchev–Trinajstić information content (AvgIpc) is 2.74. The van der Waals surface area contributed by atoms with E-state index in [1.165, 1.54) is 26.4 Å². The number of methoxy groups -OCH3 is 1. The van der Waals surface area contributed by atoms with Crippen LogP contribution in [-0.2, 0) is 14.8 Å². The van der Waals surface area contributed by atoms with Crippen LogP contribution in [0.2, 0.25) is 0 Å². The van der Waals surface area contributed by atoms with E-state index in [0.717, 1.165) is 15.1 Å². The lowest BCUT2D eigenvalue weighted by Gasteiger charge is -2.16. The van der Waals surface area contributed by atoms with Gasteiger partial charge < -0.3 is 9.84 Å². The van der Waals surface area contributed by atoms with Gasteiger partial charge in [0.15, 0.2) is 11.5 Å². The number of likely N-dealkylation sites (N-methyl/N-ethyl adjacent to an activating group) is 1. The molecule has 0 aliphatic heterocycles. The molecule has 0 saturated heterocycles. The highest BCUT2D eigenvalue weighted by Gasteiger charge is 2.23. The smallest absolute Gasteiger partial charge is 0.255 e. The summed E-state index contributed by atoms with van der Waals surface area (Å²) in [4.78, 5) is 12.2.